The molecule has 1 aromatic carbocycles. The zero-order chi connectivity index (χ0) is 13.4. The van der Waals surface area contributed by atoms with Crippen LogP contribution >= 0.6 is 0 Å². The Balaban J connectivity index is 2.24. The summed E-state index contributed by atoms with van der Waals surface area (Å²) in [7, 11) is 3.81. The van der Waals surface area contributed by atoms with Gasteiger partial charge in [0.2, 0.25) is 0 Å². The molecular weight excluding hydrogens is 228 g/mol. The van der Waals surface area contributed by atoms with Crippen molar-refractivity contribution < 1.29 is 9.84 Å². The summed E-state index contributed by atoms with van der Waals surface area (Å²) in [4.78, 5) is 2.24. The molecule has 1 aromatic rings. The molecule has 0 aliphatic heterocycles. The number of likely N-dealkylation sites (N-methyl/N-ethyl adjacent to an activating group) is 1. The number of rotatable bonds is 8. The third-order valence-electron chi connectivity index (χ3n) is 3.01. The molecule has 0 amide bonds. The van der Waals surface area contributed by atoms with Crippen molar-refractivity contribution in [1.82, 2.24) is 10.2 Å². The molecule has 0 fully saturated rings. The first kappa shape index (κ1) is 15.0. The SMILES string of the molecule is COCCN(C)CCNC(C)c1ccc(O)cc1. The normalized spacial score (nSPS) is 12.9. The fourth-order valence-electron chi connectivity index (χ4n) is 1.71. The maximum absolute atomic E-state index is 9.23. The largest absolute Gasteiger partial charge is 0.508 e. The first-order chi connectivity index (χ1) is 8.63. The molecule has 4 heteroatoms. The maximum atomic E-state index is 9.23. The van der Waals surface area contributed by atoms with Crippen molar-refractivity contribution >= 4 is 0 Å². The number of phenolic OH excluding ortho intramolecular Hbond substituents is 1. The molecule has 1 rings (SSSR count). The van der Waals surface area contributed by atoms with E-state index < -0.39 is 0 Å². The zero-order valence-electron chi connectivity index (χ0n) is 11.5. The predicted molar refractivity (Wildman–Crippen MR) is 73.9 cm³/mol. The Labute approximate surface area is 110 Å². The molecule has 0 saturated carbocycles. The highest BCUT2D eigenvalue weighted by molar-refractivity contribution is 5.27. The molecule has 0 spiro atoms. The van der Waals surface area contributed by atoms with E-state index in [9.17, 15) is 5.11 Å². The molecule has 1 atom stereocenters. The van der Waals surface area contributed by atoms with E-state index in [1.165, 1.54) is 5.56 Å². The number of nitrogens with one attached hydrogen (secondary N) is 1. The smallest absolute Gasteiger partial charge is 0.115 e. The van der Waals surface area contributed by atoms with Crippen molar-refractivity contribution in [2.45, 2.75) is 13.0 Å². The van der Waals surface area contributed by atoms with Crippen LogP contribution in [-0.2, 0) is 4.74 Å². The highest BCUT2D eigenvalue weighted by atomic mass is 16.5. The fourth-order valence-corrected chi connectivity index (χ4v) is 1.71. The minimum atomic E-state index is 0.293. The van der Waals surface area contributed by atoms with Crippen molar-refractivity contribution in [2.75, 3.05) is 40.4 Å². The third-order valence-corrected chi connectivity index (χ3v) is 3.01. The molecule has 0 radical (unpaired) electrons. The Morgan fingerprint density at radius 3 is 2.56 bits per heavy atom. The minimum Gasteiger partial charge on any atom is -0.508 e. The lowest BCUT2D eigenvalue weighted by Gasteiger charge is -2.19. The van der Waals surface area contributed by atoms with Gasteiger partial charge in [-0.15, -0.1) is 0 Å². The Bertz CT molecular complexity index is 327. The Hall–Kier alpha value is -1.10. The maximum Gasteiger partial charge on any atom is 0.115 e. The van der Waals surface area contributed by atoms with Gasteiger partial charge in [-0.1, -0.05) is 12.1 Å². The van der Waals surface area contributed by atoms with Gasteiger partial charge in [-0.3, -0.25) is 0 Å². The molecule has 0 aliphatic carbocycles. The summed E-state index contributed by atoms with van der Waals surface area (Å²) in [6.45, 7) is 5.77. The van der Waals surface area contributed by atoms with Gasteiger partial charge in [0.05, 0.1) is 6.61 Å². The fraction of sp³-hybridized carbons (Fsp3) is 0.571. The van der Waals surface area contributed by atoms with Gasteiger partial charge in [-0.25, -0.2) is 0 Å². The number of benzene rings is 1. The number of hydrogen-bond acceptors (Lipinski definition) is 4. The lowest BCUT2D eigenvalue weighted by Crippen LogP contribution is -2.32. The summed E-state index contributed by atoms with van der Waals surface area (Å²) in [5, 5.41) is 12.7. The molecule has 0 saturated heterocycles. The van der Waals surface area contributed by atoms with Gasteiger partial charge < -0.3 is 20.1 Å². The molecule has 1 unspecified atom stereocenters. The standard InChI is InChI=1S/C14H24N2O2/c1-12(13-4-6-14(17)7-5-13)15-8-9-16(2)10-11-18-3/h4-7,12,15,17H,8-11H2,1-3H3. The van der Waals surface area contributed by atoms with Crippen LogP contribution in [0.1, 0.15) is 18.5 Å². The van der Waals surface area contributed by atoms with Crippen molar-refractivity contribution in [3.63, 3.8) is 0 Å². The summed E-state index contributed by atoms with van der Waals surface area (Å²) in [6.07, 6.45) is 0. The lowest BCUT2D eigenvalue weighted by atomic mass is 10.1. The molecule has 18 heavy (non-hydrogen) atoms. The van der Waals surface area contributed by atoms with E-state index in [2.05, 4.69) is 24.2 Å². The molecule has 0 aliphatic rings. The van der Waals surface area contributed by atoms with Crippen LogP contribution in [0.4, 0.5) is 0 Å². The highest BCUT2D eigenvalue weighted by Gasteiger charge is 2.05. The van der Waals surface area contributed by atoms with E-state index in [-0.39, 0.29) is 0 Å². The van der Waals surface area contributed by atoms with Crippen molar-refractivity contribution in [3.05, 3.63) is 29.8 Å². The Morgan fingerprint density at radius 2 is 1.94 bits per heavy atom. The van der Waals surface area contributed by atoms with Crippen molar-refractivity contribution in [2.24, 2.45) is 0 Å². The van der Waals surface area contributed by atoms with Crippen LogP contribution in [-0.4, -0.2) is 50.4 Å². The molecule has 102 valence electrons. The number of aromatic hydroxyl groups is 1. The van der Waals surface area contributed by atoms with Gasteiger partial charge in [0.1, 0.15) is 5.75 Å². The molecule has 4 nitrogen and oxygen atoms in total. The van der Waals surface area contributed by atoms with Crippen LogP contribution < -0.4 is 5.32 Å². The first-order valence-electron chi connectivity index (χ1n) is 6.33. The minimum absolute atomic E-state index is 0.293. The summed E-state index contributed by atoms with van der Waals surface area (Å²) in [5.74, 6) is 0.310. The van der Waals surface area contributed by atoms with E-state index in [1.54, 1.807) is 19.2 Å². The van der Waals surface area contributed by atoms with Gasteiger partial charge in [0.15, 0.2) is 0 Å². The van der Waals surface area contributed by atoms with Gasteiger partial charge in [0.25, 0.3) is 0 Å². The first-order valence-corrected chi connectivity index (χ1v) is 6.33. The van der Waals surface area contributed by atoms with Crippen LogP contribution in [0.15, 0.2) is 24.3 Å². The lowest BCUT2D eigenvalue weighted by molar-refractivity contribution is 0.161. The van der Waals surface area contributed by atoms with Gasteiger partial charge >= 0.3 is 0 Å². The average molecular weight is 252 g/mol. The molecule has 0 heterocycles. The Morgan fingerprint density at radius 1 is 1.28 bits per heavy atom. The van der Waals surface area contributed by atoms with E-state index in [4.69, 9.17) is 4.74 Å². The average Bonchev–Trinajstić information content (AvgIpc) is 2.37. The van der Waals surface area contributed by atoms with Crippen LogP contribution in [0.3, 0.4) is 0 Å². The highest BCUT2D eigenvalue weighted by Crippen LogP contribution is 2.15. The summed E-state index contributed by atoms with van der Waals surface area (Å²) in [6, 6.07) is 7.63. The van der Waals surface area contributed by atoms with Crippen LogP contribution in [0.2, 0.25) is 0 Å². The van der Waals surface area contributed by atoms with Crippen molar-refractivity contribution in [3.8, 4) is 5.75 Å². The molecular formula is C14H24N2O2. The van der Waals surface area contributed by atoms with E-state index >= 15 is 0 Å². The van der Waals surface area contributed by atoms with Gasteiger partial charge in [0, 0.05) is 32.8 Å². The third kappa shape index (κ3) is 5.49. The van der Waals surface area contributed by atoms with Gasteiger partial charge in [-0.2, -0.15) is 0 Å². The quantitative estimate of drug-likeness (QED) is 0.738. The molecule has 2 N–H and O–H groups in total. The zero-order valence-corrected chi connectivity index (χ0v) is 11.5. The second-order valence-corrected chi connectivity index (χ2v) is 4.56. The van der Waals surface area contributed by atoms with Crippen LogP contribution in [0, 0.1) is 0 Å². The number of hydrogen-bond donors (Lipinski definition) is 2. The van der Waals surface area contributed by atoms with Crippen LogP contribution in [0.25, 0.3) is 0 Å². The number of phenols is 1. The second kappa shape index (κ2) is 8.08. The summed E-state index contributed by atoms with van der Waals surface area (Å²) in [5.41, 5.74) is 1.19. The second-order valence-electron chi connectivity index (χ2n) is 4.56. The number of methoxy groups -OCH3 is 1. The topological polar surface area (TPSA) is 44.7 Å². The molecule has 0 bridgehead atoms. The summed E-state index contributed by atoms with van der Waals surface area (Å²) < 4.78 is 5.03. The van der Waals surface area contributed by atoms with Gasteiger partial charge in [-0.05, 0) is 31.7 Å². The van der Waals surface area contributed by atoms with Crippen LogP contribution in [0.5, 0.6) is 5.75 Å². The van der Waals surface area contributed by atoms with Crippen molar-refractivity contribution in [1.29, 1.82) is 0 Å². The van der Waals surface area contributed by atoms with E-state index in [1.807, 2.05) is 12.1 Å². The number of nitrogens with zero attached hydrogens (tertiary/aromatic N) is 1. The Kier molecular flexibility index (Phi) is 6.72. The molecule has 0 aromatic heterocycles. The number of ether oxygens (including phenoxy) is 1. The monoisotopic (exact) mass is 252 g/mol. The summed E-state index contributed by atoms with van der Waals surface area (Å²) >= 11 is 0. The van der Waals surface area contributed by atoms with E-state index in [0.717, 1.165) is 26.2 Å². The van der Waals surface area contributed by atoms with E-state index in [0.29, 0.717) is 11.8 Å². The predicted octanol–water partition coefficient (Wildman–Crippen LogP) is 1.62.